The maximum atomic E-state index is 12.6. The molecule has 0 N–H and O–H groups in total. The van der Waals surface area contributed by atoms with Gasteiger partial charge < -0.3 is 0 Å². The van der Waals surface area contributed by atoms with Gasteiger partial charge in [0.1, 0.15) is 0 Å². The monoisotopic (exact) mass is 346 g/mol. The van der Waals surface area contributed by atoms with Crippen molar-refractivity contribution in [2.24, 2.45) is 5.92 Å². The molecule has 3 rings (SSSR count). The van der Waals surface area contributed by atoms with Crippen molar-refractivity contribution in [3.05, 3.63) is 76.9 Å². The van der Waals surface area contributed by atoms with Crippen LogP contribution in [0.4, 0.5) is 0 Å². The van der Waals surface area contributed by atoms with Gasteiger partial charge in [-0.1, -0.05) is 74.9 Å². The average molecular weight is 347 g/mol. The Kier molecular flexibility index (Phi) is 6.44. The van der Waals surface area contributed by atoms with Gasteiger partial charge >= 0.3 is 0 Å². The van der Waals surface area contributed by atoms with Gasteiger partial charge in [0.05, 0.1) is 0 Å². The van der Waals surface area contributed by atoms with Gasteiger partial charge in [-0.05, 0) is 60.3 Å². The van der Waals surface area contributed by atoms with Gasteiger partial charge in [-0.3, -0.25) is 4.79 Å². The summed E-state index contributed by atoms with van der Waals surface area (Å²) in [7, 11) is 0. The van der Waals surface area contributed by atoms with Crippen LogP contribution in [-0.2, 0) is 19.3 Å². The van der Waals surface area contributed by atoms with Crippen LogP contribution in [0.15, 0.2) is 49.0 Å². The Labute approximate surface area is 158 Å². The molecule has 0 saturated carbocycles. The number of aryl methyl sites for hydroxylation is 2. The lowest BCUT2D eigenvalue weighted by molar-refractivity contribution is 0.0957. The zero-order chi connectivity index (χ0) is 18.4. The van der Waals surface area contributed by atoms with E-state index in [1.165, 1.54) is 42.4 Å². The number of unbranched alkanes of at least 4 members (excludes halogenated alkanes) is 2. The standard InChI is InChI=1S/C25H30O/c1-3-5-6-7-20-10-14-24-17-21(11-15-23(24)16-20)18-25(26)22-12-8-19(4-2)9-13-22/h4,8-10,12-14,16,21H,2-3,5-7,11,15,17-18H2,1H3/t21-/m0/s1. The number of fused-ring (bicyclic) bond motifs is 1. The fraction of sp³-hybridized carbons (Fsp3) is 0.400. The molecule has 26 heavy (non-hydrogen) atoms. The Morgan fingerprint density at radius 3 is 2.65 bits per heavy atom. The SMILES string of the molecule is C=Cc1ccc(C(=O)C[C@H]2CCc3cc(CCCCC)ccc3C2)cc1. The Morgan fingerprint density at radius 1 is 1.12 bits per heavy atom. The predicted molar refractivity (Wildman–Crippen MR) is 111 cm³/mol. The van der Waals surface area contributed by atoms with E-state index < -0.39 is 0 Å². The molecule has 0 radical (unpaired) electrons. The number of benzene rings is 2. The maximum absolute atomic E-state index is 12.6. The van der Waals surface area contributed by atoms with Crippen molar-refractivity contribution < 1.29 is 4.79 Å². The summed E-state index contributed by atoms with van der Waals surface area (Å²) in [4.78, 5) is 12.6. The van der Waals surface area contributed by atoms with Crippen LogP contribution in [-0.4, -0.2) is 5.78 Å². The van der Waals surface area contributed by atoms with E-state index in [1.807, 2.05) is 30.3 Å². The smallest absolute Gasteiger partial charge is 0.163 e. The molecule has 1 aliphatic carbocycles. The van der Waals surface area contributed by atoms with Crippen molar-refractivity contribution in [2.45, 2.75) is 58.3 Å². The van der Waals surface area contributed by atoms with E-state index in [4.69, 9.17) is 0 Å². The number of ketones is 1. The first-order valence-corrected chi connectivity index (χ1v) is 10.1. The highest BCUT2D eigenvalue weighted by molar-refractivity contribution is 5.96. The van der Waals surface area contributed by atoms with Gasteiger partial charge in [-0.15, -0.1) is 0 Å². The lowest BCUT2D eigenvalue weighted by atomic mass is 9.80. The third kappa shape index (κ3) is 4.72. The molecule has 0 spiro atoms. The molecule has 1 heteroatoms. The Hall–Kier alpha value is -2.15. The van der Waals surface area contributed by atoms with E-state index in [9.17, 15) is 4.79 Å². The molecule has 136 valence electrons. The van der Waals surface area contributed by atoms with Gasteiger partial charge in [0.2, 0.25) is 0 Å². The zero-order valence-corrected chi connectivity index (χ0v) is 16.0. The lowest BCUT2D eigenvalue weighted by Gasteiger charge is -2.25. The topological polar surface area (TPSA) is 17.1 Å². The van der Waals surface area contributed by atoms with E-state index in [1.54, 1.807) is 0 Å². The molecule has 0 heterocycles. The lowest BCUT2D eigenvalue weighted by Crippen LogP contribution is -2.18. The summed E-state index contributed by atoms with van der Waals surface area (Å²) in [5.41, 5.74) is 6.33. The van der Waals surface area contributed by atoms with Crippen molar-refractivity contribution in [1.82, 2.24) is 0 Å². The molecule has 0 amide bonds. The highest BCUT2D eigenvalue weighted by Gasteiger charge is 2.21. The molecule has 0 bridgehead atoms. The average Bonchev–Trinajstić information content (AvgIpc) is 2.68. The molecule has 1 atom stereocenters. The third-order valence-corrected chi connectivity index (χ3v) is 5.61. The molecule has 0 unspecified atom stereocenters. The number of carbonyl (C=O) groups excluding carboxylic acids is 1. The number of hydrogen-bond donors (Lipinski definition) is 0. The first kappa shape index (κ1) is 18.6. The summed E-state index contributed by atoms with van der Waals surface area (Å²) < 4.78 is 0. The molecule has 0 aliphatic heterocycles. The number of carbonyl (C=O) groups is 1. The molecular formula is C25H30O. The second-order valence-corrected chi connectivity index (χ2v) is 7.62. The summed E-state index contributed by atoms with van der Waals surface area (Å²) >= 11 is 0. The van der Waals surface area contributed by atoms with Crippen molar-refractivity contribution in [3.8, 4) is 0 Å². The molecule has 1 aliphatic rings. The van der Waals surface area contributed by atoms with Crippen LogP contribution in [0.3, 0.4) is 0 Å². The molecule has 1 nitrogen and oxygen atoms in total. The van der Waals surface area contributed by atoms with Crippen LogP contribution in [0, 0.1) is 5.92 Å². The van der Waals surface area contributed by atoms with Crippen LogP contribution in [0.2, 0.25) is 0 Å². The van der Waals surface area contributed by atoms with Gasteiger partial charge in [0.25, 0.3) is 0 Å². The molecule has 2 aromatic carbocycles. The minimum Gasteiger partial charge on any atom is -0.294 e. The van der Waals surface area contributed by atoms with Gasteiger partial charge in [-0.2, -0.15) is 0 Å². The summed E-state index contributed by atoms with van der Waals surface area (Å²) in [5, 5.41) is 0. The van der Waals surface area contributed by atoms with Crippen molar-refractivity contribution in [1.29, 1.82) is 0 Å². The van der Waals surface area contributed by atoms with Crippen LogP contribution >= 0.6 is 0 Å². The molecule has 0 saturated heterocycles. The van der Waals surface area contributed by atoms with E-state index in [0.717, 1.165) is 30.4 Å². The second kappa shape index (κ2) is 8.98. The summed E-state index contributed by atoms with van der Waals surface area (Å²) in [6, 6.07) is 14.8. The number of Topliss-reactive ketones (excluding diaryl/α,β-unsaturated/α-hetero) is 1. The van der Waals surface area contributed by atoms with E-state index in [-0.39, 0.29) is 5.78 Å². The zero-order valence-electron chi connectivity index (χ0n) is 16.0. The van der Waals surface area contributed by atoms with Crippen molar-refractivity contribution in [3.63, 3.8) is 0 Å². The van der Waals surface area contributed by atoms with Crippen molar-refractivity contribution >= 4 is 11.9 Å². The molecule has 0 fully saturated rings. The van der Waals surface area contributed by atoms with Gasteiger partial charge in [0.15, 0.2) is 5.78 Å². The van der Waals surface area contributed by atoms with Crippen LogP contribution in [0.25, 0.3) is 6.08 Å². The Morgan fingerprint density at radius 2 is 1.92 bits per heavy atom. The van der Waals surface area contributed by atoms with Crippen molar-refractivity contribution in [2.75, 3.05) is 0 Å². The van der Waals surface area contributed by atoms with Crippen LogP contribution in [0.1, 0.15) is 71.6 Å². The molecular weight excluding hydrogens is 316 g/mol. The summed E-state index contributed by atoms with van der Waals surface area (Å²) in [6.45, 7) is 6.01. The number of hydrogen-bond acceptors (Lipinski definition) is 1. The quantitative estimate of drug-likeness (QED) is 0.397. The Bertz CT molecular complexity index is 754. The fourth-order valence-electron chi connectivity index (χ4n) is 3.98. The largest absolute Gasteiger partial charge is 0.294 e. The maximum Gasteiger partial charge on any atom is 0.163 e. The molecule has 0 aromatic heterocycles. The highest BCUT2D eigenvalue weighted by Crippen LogP contribution is 2.29. The highest BCUT2D eigenvalue weighted by atomic mass is 16.1. The normalized spacial score (nSPS) is 16.1. The minimum absolute atomic E-state index is 0.269. The van der Waals surface area contributed by atoms with E-state index in [2.05, 4.69) is 31.7 Å². The van der Waals surface area contributed by atoms with Gasteiger partial charge in [-0.25, -0.2) is 0 Å². The second-order valence-electron chi connectivity index (χ2n) is 7.62. The van der Waals surface area contributed by atoms with Crippen LogP contribution in [0.5, 0.6) is 0 Å². The fourth-order valence-corrected chi connectivity index (χ4v) is 3.98. The third-order valence-electron chi connectivity index (χ3n) is 5.61. The first-order chi connectivity index (χ1) is 12.7. The predicted octanol–water partition coefficient (Wildman–Crippen LogP) is 6.44. The van der Waals surface area contributed by atoms with E-state index >= 15 is 0 Å². The van der Waals surface area contributed by atoms with E-state index in [0.29, 0.717) is 12.3 Å². The summed E-state index contributed by atoms with van der Waals surface area (Å²) in [5.74, 6) is 0.741. The Balaban J connectivity index is 1.59. The molecule has 2 aromatic rings. The summed E-state index contributed by atoms with van der Waals surface area (Å²) in [6.07, 6.45) is 10.8. The first-order valence-electron chi connectivity index (χ1n) is 10.1. The van der Waals surface area contributed by atoms with Crippen LogP contribution < -0.4 is 0 Å². The minimum atomic E-state index is 0.269. The number of rotatable bonds is 8. The van der Waals surface area contributed by atoms with Gasteiger partial charge in [0, 0.05) is 12.0 Å².